The largest absolute Gasteiger partial charge is 2.00 e. The Labute approximate surface area is 295 Å². The van der Waals surface area contributed by atoms with Gasteiger partial charge in [-0.3, -0.25) is 0 Å². The van der Waals surface area contributed by atoms with Crippen molar-refractivity contribution in [2.45, 2.75) is 84.8 Å². The van der Waals surface area contributed by atoms with Gasteiger partial charge in [-0.25, -0.2) is 0 Å². The van der Waals surface area contributed by atoms with Crippen LogP contribution < -0.4 is 0 Å². The van der Waals surface area contributed by atoms with E-state index in [2.05, 4.69) is 135 Å². The molecule has 0 spiro atoms. The third-order valence-electron chi connectivity index (χ3n) is 5.87. The summed E-state index contributed by atoms with van der Waals surface area (Å²) in [6.45, 7) is 4.52. The smallest absolute Gasteiger partial charge is 0.302 e. The Morgan fingerprint density at radius 3 is 0.857 bits per heavy atom. The van der Waals surface area contributed by atoms with Gasteiger partial charge in [0.05, 0.1) is 0 Å². The summed E-state index contributed by atoms with van der Waals surface area (Å²) in [6.07, 6.45) is 10.1. The van der Waals surface area contributed by atoms with E-state index < -0.39 is 0 Å². The molecule has 6 heteroatoms. The van der Waals surface area contributed by atoms with Crippen molar-refractivity contribution in [2.24, 2.45) is 0 Å². The van der Waals surface area contributed by atoms with Crippen LogP contribution in [0.15, 0.2) is 141 Å². The van der Waals surface area contributed by atoms with Crippen LogP contribution in [-0.4, -0.2) is 18.9 Å². The fraction of sp³-hybridized carbons (Fsp3) is 0.278. The zero-order valence-electron chi connectivity index (χ0n) is 25.1. The minimum absolute atomic E-state index is 0. The van der Waals surface area contributed by atoms with E-state index in [9.17, 15) is 0 Å². The summed E-state index contributed by atoms with van der Waals surface area (Å²) in [7, 11) is 0. The molecule has 0 heterocycles. The first-order chi connectivity index (χ1) is 19.8. The summed E-state index contributed by atoms with van der Waals surface area (Å²) in [5, 5.41) is 0. The van der Waals surface area contributed by atoms with Gasteiger partial charge in [0, 0.05) is 18.9 Å². The fourth-order valence-corrected chi connectivity index (χ4v) is 8.46. The van der Waals surface area contributed by atoms with Gasteiger partial charge in [-0.1, -0.05) is 174 Å². The minimum Gasteiger partial charge on any atom is -0.302 e. The summed E-state index contributed by atoms with van der Waals surface area (Å²) >= 11 is 7.65. The number of thioether (sulfide) groups is 4. The van der Waals surface area contributed by atoms with E-state index in [0.29, 0.717) is 0 Å². The van der Waals surface area contributed by atoms with Gasteiger partial charge in [0.2, 0.25) is 0 Å². The summed E-state index contributed by atoms with van der Waals surface area (Å²) in [5.74, 6) is 0. The Morgan fingerprint density at radius 1 is 0.405 bits per heavy atom. The first-order valence-corrected chi connectivity index (χ1v) is 17.7. The van der Waals surface area contributed by atoms with Crippen molar-refractivity contribution in [1.82, 2.24) is 0 Å². The van der Waals surface area contributed by atoms with Gasteiger partial charge >= 0.3 is 17.1 Å². The molecule has 0 saturated carbocycles. The van der Waals surface area contributed by atoms with Gasteiger partial charge in [0.1, 0.15) is 0 Å². The number of unbranched alkanes of at least 4 members (excludes halogenated alkanes) is 4. The Balaban J connectivity index is 0.000000401. The average molecular weight is 673 g/mol. The summed E-state index contributed by atoms with van der Waals surface area (Å²) < 4.78 is 2.99. The second kappa shape index (κ2) is 25.7. The molecule has 4 aromatic carbocycles. The standard InChI is InChI=1S/2C18H21S2.Cu.Li/c2*1-2-3-6-15-18(19-16-11-7-4-8-12-16)20-17-13-9-5-10-14-17;;/h2*4-5,7-14H,2-3,6,15H2,1H3;;/q2*-1;+2;. The molecule has 0 bridgehead atoms. The van der Waals surface area contributed by atoms with Crippen molar-refractivity contribution in [1.29, 1.82) is 0 Å². The van der Waals surface area contributed by atoms with E-state index in [0.717, 1.165) is 0 Å². The van der Waals surface area contributed by atoms with Crippen molar-refractivity contribution in [2.75, 3.05) is 0 Å². The molecule has 222 valence electrons. The van der Waals surface area contributed by atoms with E-state index in [1.165, 1.54) is 80.1 Å². The second-order valence-electron chi connectivity index (χ2n) is 9.32. The SMILES string of the molecule is CCCCC[C-](Sc1ccccc1)Sc1ccccc1.CCCCC[C-](Sc1ccccc1)Sc1ccccc1.[Cu+2].[Li]. The van der Waals surface area contributed by atoms with Crippen LogP contribution in [0.2, 0.25) is 0 Å². The average Bonchev–Trinajstić information content (AvgIpc) is 3.00. The number of hydrogen-bond donors (Lipinski definition) is 0. The zero-order chi connectivity index (χ0) is 28.1. The molecule has 4 rings (SSSR count). The summed E-state index contributed by atoms with van der Waals surface area (Å²) in [5.41, 5.74) is 0. The molecule has 0 fully saturated rings. The Hall–Kier alpha value is -0.603. The fourth-order valence-electron chi connectivity index (χ4n) is 3.76. The molecule has 0 unspecified atom stereocenters. The molecule has 0 saturated heterocycles. The van der Waals surface area contributed by atoms with E-state index >= 15 is 0 Å². The molecule has 0 aliphatic carbocycles. The molecule has 0 aliphatic heterocycles. The Bertz CT molecular complexity index is 958. The minimum atomic E-state index is 0. The monoisotopic (exact) mass is 672 g/mol. The van der Waals surface area contributed by atoms with Crippen LogP contribution in [0.25, 0.3) is 0 Å². The van der Waals surface area contributed by atoms with E-state index in [4.69, 9.17) is 0 Å². The predicted molar refractivity (Wildman–Crippen MR) is 190 cm³/mol. The van der Waals surface area contributed by atoms with Crippen LogP contribution in [0.3, 0.4) is 0 Å². The van der Waals surface area contributed by atoms with Gasteiger partial charge in [-0.2, -0.15) is 22.0 Å². The molecule has 2 radical (unpaired) electrons. The number of hydrogen-bond acceptors (Lipinski definition) is 4. The molecule has 0 N–H and O–H groups in total. The molecule has 4 aromatic rings. The quantitative estimate of drug-likeness (QED) is 0.0502. The van der Waals surface area contributed by atoms with Gasteiger partial charge < -0.3 is 47.0 Å². The van der Waals surface area contributed by atoms with Gasteiger partial charge in [-0.05, 0) is 19.6 Å². The third kappa shape index (κ3) is 17.6. The van der Waals surface area contributed by atoms with Crippen molar-refractivity contribution in [3.8, 4) is 0 Å². The first-order valence-electron chi connectivity index (χ1n) is 14.4. The van der Waals surface area contributed by atoms with E-state index in [1.54, 1.807) is 0 Å². The molecule has 0 aromatic heterocycles. The number of benzene rings is 4. The van der Waals surface area contributed by atoms with Crippen LogP contribution in [0.4, 0.5) is 0 Å². The van der Waals surface area contributed by atoms with Gasteiger partial charge in [0.15, 0.2) is 0 Å². The molecule has 0 atom stereocenters. The van der Waals surface area contributed by atoms with Crippen LogP contribution in [0.1, 0.15) is 65.2 Å². The van der Waals surface area contributed by atoms with Crippen LogP contribution in [-0.2, 0) is 17.1 Å². The predicted octanol–water partition coefficient (Wildman–Crippen LogP) is 12.9. The second-order valence-corrected chi connectivity index (χ2v) is 14.5. The maximum atomic E-state index is 2.26. The molecule has 0 amide bonds. The Kier molecular flexibility index (Phi) is 24.1. The van der Waals surface area contributed by atoms with E-state index in [-0.39, 0.29) is 35.9 Å². The van der Waals surface area contributed by atoms with Crippen molar-refractivity contribution >= 4 is 65.9 Å². The molecule has 0 nitrogen and oxygen atoms in total. The molecular weight excluding hydrogens is 631 g/mol. The van der Waals surface area contributed by atoms with Gasteiger partial charge in [-0.15, -0.1) is 0 Å². The first kappa shape index (κ1) is 39.4. The van der Waals surface area contributed by atoms with Crippen molar-refractivity contribution in [3.63, 3.8) is 0 Å². The normalized spacial score (nSPS) is 10.4. The van der Waals surface area contributed by atoms with Crippen molar-refractivity contribution < 1.29 is 17.1 Å². The maximum Gasteiger partial charge on any atom is 2.00 e. The summed E-state index contributed by atoms with van der Waals surface area (Å²) in [4.78, 5) is 5.34. The molecule has 42 heavy (non-hydrogen) atoms. The van der Waals surface area contributed by atoms with Crippen molar-refractivity contribution in [3.05, 3.63) is 130 Å². The van der Waals surface area contributed by atoms with Crippen LogP contribution in [0.5, 0.6) is 0 Å². The van der Waals surface area contributed by atoms with E-state index in [1.807, 2.05) is 47.0 Å². The van der Waals surface area contributed by atoms with Gasteiger partial charge in [0.25, 0.3) is 0 Å². The Morgan fingerprint density at radius 2 is 0.643 bits per heavy atom. The number of rotatable bonds is 16. The topological polar surface area (TPSA) is 0 Å². The zero-order valence-corrected chi connectivity index (χ0v) is 29.3. The van der Waals surface area contributed by atoms with Crippen LogP contribution >= 0.6 is 47.0 Å². The molecular formula is C36H42CuLiS4. The van der Waals surface area contributed by atoms with Crippen LogP contribution in [0, 0.1) is 9.16 Å². The maximum absolute atomic E-state index is 2.26. The molecule has 0 aliphatic rings. The summed E-state index contributed by atoms with van der Waals surface area (Å²) in [6, 6.07) is 42.7. The third-order valence-corrected chi connectivity index (χ3v) is 10.6.